The van der Waals surface area contributed by atoms with Gasteiger partial charge in [0, 0.05) is 43.4 Å². The first-order valence-corrected chi connectivity index (χ1v) is 19.9. The number of amides is 2. The molecule has 2 amide bonds. The highest BCUT2D eigenvalue weighted by molar-refractivity contribution is 8.27. The van der Waals surface area contributed by atoms with Crippen LogP contribution in [0.3, 0.4) is 0 Å². The second-order valence-electron chi connectivity index (χ2n) is 12.7. The van der Waals surface area contributed by atoms with Crippen molar-refractivity contribution in [3.05, 3.63) is 54.0 Å². The Morgan fingerprint density at radius 3 is 1.89 bits per heavy atom. The maximum Gasteiger partial charge on any atom is 0.266 e. The highest BCUT2D eigenvalue weighted by atomic mass is 32.2. The van der Waals surface area contributed by atoms with Crippen LogP contribution < -0.4 is 0 Å². The Bertz CT molecular complexity index is 1740. The van der Waals surface area contributed by atoms with Crippen LogP contribution in [0.5, 0.6) is 0 Å². The quantitative estimate of drug-likeness (QED) is 0.235. The van der Waals surface area contributed by atoms with Crippen molar-refractivity contribution in [1.82, 2.24) is 9.80 Å². The fourth-order valence-electron chi connectivity index (χ4n) is 8.57. The van der Waals surface area contributed by atoms with E-state index in [-0.39, 0.29) is 22.6 Å². The Labute approximate surface area is 286 Å². The molecule has 2 spiro atoms. The van der Waals surface area contributed by atoms with E-state index in [1.165, 1.54) is 101 Å². The number of carbonyl (C=O) groups excluding carboxylic acids is 2. The van der Waals surface area contributed by atoms with Crippen molar-refractivity contribution >= 4 is 103 Å². The molecule has 0 N–H and O–H groups in total. The molecule has 2 aliphatic heterocycles. The molecule has 8 rings (SSSR count). The standard InChI is InChI=1S/C34H34N2O2S6/c1-3-35-29(37)23(43-31(35)39)16-19-15-22-25(33(19)11-7-5-8-12-33)26-28(42-22)27-21(34(26)13-9-6-10-14-34)17-20(41-27)18-24-30(38)36(4-2)32(40)44-24/h15-18H,3-14H2,1-2H3/b23-16-,24-18-. The van der Waals surface area contributed by atoms with E-state index in [9.17, 15) is 9.59 Å². The Kier molecular flexibility index (Phi) is 7.46. The number of thiocarbonyl (C=S) groups is 2. The van der Waals surface area contributed by atoms with Crippen molar-refractivity contribution in [1.29, 1.82) is 0 Å². The molecule has 0 radical (unpaired) electrons. The predicted molar refractivity (Wildman–Crippen MR) is 195 cm³/mol. The lowest BCUT2D eigenvalue weighted by molar-refractivity contribution is -0.122. The molecule has 44 heavy (non-hydrogen) atoms. The lowest BCUT2D eigenvalue weighted by atomic mass is 9.61. The molecule has 2 aromatic heterocycles. The molecule has 6 aliphatic rings. The van der Waals surface area contributed by atoms with E-state index < -0.39 is 0 Å². The Morgan fingerprint density at radius 1 is 0.750 bits per heavy atom. The second kappa shape index (κ2) is 11.0. The van der Waals surface area contributed by atoms with Crippen LogP contribution >= 0.6 is 70.6 Å². The number of fused-ring (bicyclic) bond motifs is 8. The average Bonchev–Trinajstić information content (AvgIpc) is 3.82. The highest BCUT2D eigenvalue weighted by Crippen LogP contribution is 2.67. The third-order valence-corrected chi connectivity index (χ3v) is 15.7. The van der Waals surface area contributed by atoms with Crippen molar-refractivity contribution in [3.8, 4) is 9.75 Å². The molecule has 2 aromatic rings. The fraction of sp³-hybridized carbons (Fsp3) is 0.471. The molecule has 0 aromatic carbocycles. The first-order valence-electron chi connectivity index (χ1n) is 15.9. The maximum absolute atomic E-state index is 13.3. The summed E-state index contributed by atoms with van der Waals surface area (Å²) in [7, 11) is 0. The molecule has 10 heteroatoms. The molecule has 2 saturated heterocycles. The molecule has 0 atom stereocenters. The van der Waals surface area contributed by atoms with Gasteiger partial charge in [-0.05, 0) is 86.1 Å². The van der Waals surface area contributed by atoms with E-state index in [0.717, 1.165) is 27.5 Å². The van der Waals surface area contributed by atoms with Gasteiger partial charge in [0.1, 0.15) is 8.64 Å². The smallest absolute Gasteiger partial charge is 0.266 e. The lowest BCUT2D eigenvalue weighted by Crippen LogP contribution is -2.35. The third kappa shape index (κ3) is 4.20. The molecular weight excluding hydrogens is 661 g/mol. The molecule has 4 heterocycles. The Balaban J connectivity index is 1.26. The Morgan fingerprint density at radius 2 is 1.32 bits per heavy atom. The number of rotatable bonds is 4. The number of thioether (sulfide) groups is 2. The van der Waals surface area contributed by atoms with Gasteiger partial charge in [-0.15, -0.1) is 22.7 Å². The summed E-state index contributed by atoms with van der Waals surface area (Å²) >= 11 is 17.8. The molecule has 4 aliphatic carbocycles. The number of allylic oxidation sites excluding steroid dienone is 2. The van der Waals surface area contributed by atoms with E-state index in [4.69, 9.17) is 24.4 Å². The summed E-state index contributed by atoms with van der Waals surface area (Å²) in [5, 5.41) is 0. The largest absolute Gasteiger partial charge is 0.293 e. The van der Waals surface area contributed by atoms with Crippen LogP contribution in [0.1, 0.15) is 105 Å². The number of nitrogens with zero attached hydrogens (tertiary/aromatic N) is 2. The SMILES string of the molecule is CCN1C(=O)/C(=C/C2=Cc3sc4c(c3C23CCCCC3)C2(CCCCC2)c2cc(/C=C3\SC(=S)N(CC)C3=O)sc2-4)SC1=S. The summed E-state index contributed by atoms with van der Waals surface area (Å²) in [5.41, 5.74) is 6.04. The van der Waals surface area contributed by atoms with Gasteiger partial charge in [-0.3, -0.25) is 19.4 Å². The van der Waals surface area contributed by atoms with E-state index >= 15 is 0 Å². The zero-order chi connectivity index (χ0) is 30.4. The number of carbonyl (C=O) groups is 2. The normalized spacial score (nSPS) is 25.3. The molecule has 0 bridgehead atoms. The van der Waals surface area contributed by atoms with Gasteiger partial charge in [-0.2, -0.15) is 0 Å². The van der Waals surface area contributed by atoms with Gasteiger partial charge in [0.05, 0.1) is 9.81 Å². The van der Waals surface area contributed by atoms with Gasteiger partial charge in [0.15, 0.2) is 0 Å². The van der Waals surface area contributed by atoms with Gasteiger partial charge in [-0.25, -0.2) is 0 Å². The second-order valence-corrected chi connectivity index (χ2v) is 18.2. The number of likely N-dealkylation sites (N-methyl/N-ethyl adjacent to an activating group) is 2. The molecule has 4 nitrogen and oxygen atoms in total. The first kappa shape index (κ1) is 29.8. The summed E-state index contributed by atoms with van der Waals surface area (Å²) in [6.45, 7) is 5.20. The van der Waals surface area contributed by atoms with E-state index in [0.29, 0.717) is 21.7 Å². The Hall–Kier alpha value is -1.56. The van der Waals surface area contributed by atoms with Gasteiger partial charge >= 0.3 is 0 Å². The van der Waals surface area contributed by atoms with Crippen LogP contribution in [0, 0.1) is 0 Å². The summed E-state index contributed by atoms with van der Waals surface area (Å²) in [4.78, 5) is 36.7. The summed E-state index contributed by atoms with van der Waals surface area (Å²) in [6, 6.07) is 2.41. The molecular formula is C34H34N2O2S6. The maximum atomic E-state index is 13.3. The van der Waals surface area contributed by atoms with Crippen LogP contribution in [0.2, 0.25) is 0 Å². The molecule has 4 fully saturated rings. The van der Waals surface area contributed by atoms with Gasteiger partial charge < -0.3 is 0 Å². The van der Waals surface area contributed by atoms with Crippen LogP contribution in [-0.2, 0) is 20.4 Å². The minimum absolute atomic E-state index is 0.0254. The minimum atomic E-state index is -0.0254. The van der Waals surface area contributed by atoms with Crippen molar-refractivity contribution in [3.63, 3.8) is 0 Å². The van der Waals surface area contributed by atoms with Crippen molar-refractivity contribution in [2.45, 2.75) is 88.9 Å². The zero-order valence-electron chi connectivity index (χ0n) is 25.0. The van der Waals surface area contributed by atoms with Gasteiger partial charge in [-0.1, -0.05) is 86.5 Å². The third-order valence-electron chi connectivity index (χ3n) is 10.6. The van der Waals surface area contributed by atoms with Gasteiger partial charge in [0.25, 0.3) is 11.8 Å². The van der Waals surface area contributed by atoms with Crippen LogP contribution in [0.15, 0.2) is 27.5 Å². The zero-order valence-corrected chi connectivity index (χ0v) is 29.9. The summed E-state index contributed by atoms with van der Waals surface area (Å²) < 4.78 is 1.33. The van der Waals surface area contributed by atoms with Crippen molar-refractivity contribution < 1.29 is 9.59 Å². The monoisotopic (exact) mass is 694 g/mol. The van der Waals surface area contributed by atoms with E-state index in [1.807, 2.05) is 36.5 Å². The number of thiophene rings is 2. The fourth-order valence-corrected chi connectivity index (χ4v) is 14.2. The number of hydrogen-bond donors (Lipinski definition) is 0. The molecule has 2 saturated carbocycles. The van der Waals surface area contributed by atoms with Gasteiger partial charge in [0.2, 0.25) is 0 Å². The number of hydrogen-bond acceptors (Lipinski definition) is 8. The average molecular weight is 695 g/mol. The highest BCUT2D eigenvalue weighted by Gasteiger charge is 2.54. The minimum Gasteiger partial charge on any atom is -0.293 e. The first-order chi connectivity index (χ1) is 21.3. The molecule has 228 valence electrons. The van der Waals surface area contributed by atoms with Crippen LogP contribution in [-0.4, -0.2) is 43.3 Å². The van der Waals surface area contributed by atoms with Crippen LogP contribution in [0.25, 0.3) is 21.9 Å². The van der Waals surface area contributed by atoms with Crippen molar-refractivity contribution in [2.75, 3.05) is 13.1 Å². The van der Waals surface area contributed by atoms with E-state index in [1.54, 1.807) is 20.9 Å². The molecule has 0 unspecified atom stereocenters. The van der Waals surface area contributed by atoms with Crippen LogP contribution in [0.4, 0.5) is 0 Å². The predicted octanol–water partition coefficient (Wildman–Crippen LogP) is 9.62. The lowest BCUT2D eigenvalue weighted by Gasteiger charge is -2.42. The van der Waals surface area contributed by atoms with Crippen molar-refractivity contribution in [2.24, 2.45) is 0 Å². The summed E-state index contributed by atoms with van der Waals surface area (Å²) in [6.07, 6.45) is 18.9. The summed E-state index contributed by atoms with van der Waals surface area (Å²) in [5.74, 6) is 0.0936. The topological polar surface area (TPSA) is 40.6 Å². The van der Waals surface area contributed by atoms with E-state index in [2.05, 4.69) is 24.3 Å².